The molecule has 0 unspecified atom stereocenters. The van der Waals surface area contributed by atoms with Crippen molar-refractivity contribution < 1.29 is 4.79 Å². The molecule has 4 heteroatoms. The molecule has 0 saturated heterocycles. The minimum Gasteiger partial charge on any atom is -0.326 e. The molecule has 122 valence electrons. The summed E-state index contributed by atoms with van der Waals surface area (Å²) >= 11 is 5.85. The van der Waals surface area contributed by atoms with Crippen LogP contribution in [0.1, 0.15) is 37.3 Å². The van der Waals surface area contributed by atoms with Crippen molar-refractivity contribution in [3.63, 3.8) is 0 Å². The SMILES string of the molecule is CC(C)c1ccc(NC(=O)CCNCc2ccc(Cl)cc2)cc1. The Morgan fingerprint density at radius 1 is 1.04 bits per heavy atom. The number of nitrogens with one attached hydrogen (secondary N) is 2. The number of carbonyl (C=O) groups excluding carboxylic acids is 1. The van der Waals surface area contributed by atoms with Crippen molar-refractivity contribution in [1.29, 1.82) is 0 Å². The zero-order valence-electron chi connectivity index (χ0n) is 13.6. The molecule has 0 spiro atoms. The maximum absolute atomic E-state index is 11.9. The number of benzene rings is 2. The molecule has 2 aromatic carbocycles. The number of hydrogen-bond acceptors (Lipinski definition) is 2. The molecule has 2 aromatic rings. The fraction of sp³-hybridized carbons (Fsp3) is 0.316. The summed E-state index contributed by atoms with van der Waals surface area (Å²) < 4.78 is 0. The minimum absolute atomic E-state index is 0.0194. The summed E-state index contributed by atoms with van der Waals surface area (Å²) in [7, 11) is 0. The summed E-state index contributed by atoms with van der Waals surface area (Å²) in [6, 6.07) is 15.7. The predicted octanol–water partition coefficient (Wildman–Crippen LogP) is 4.58. The van der Waals surface area contributed by atoms with Crippen LogP contribution in [0.3, 0.4) is 0 Å². The molecule has 0 aromatic heterocycles. The fourth-order valence-corrected chi connectivity index (χ4v) is 2.34. The molecule has 0 fully saturated rings. The number of rotatable bonds is 7. The van der Waals surface area contributed by atoms with Gasteiger partial charge in [-0.05, 0) is 41.3 Å². The van der Waals surface area contributed by atoms with Crippen LogP contribution in [0.25, 0.3) is 0 Å². The molecule has 0 radical (unpaired) electrons. The Kier molecular flexibility index (Phi) is 6.63. The van der Waals surface area contributed by atoms with Crippen molar-refractivity contribution in [3.05, 3.63) is 64.7 Å². The van der Waals surface area contributed by atoms with Crippen LogP contribution in [-0.4, -0.2) is 12.5 Å². The van der Waals surface area contributed by atoms with Crippen LogP contribution in [0.4, 0.5) is 5.69 Å². The van der Waals surface area contributed by atoms with Gasteiger partial charge in [0.1, 0.15) is 0 Å². The Hall–Kier alpha value is -1.84. The monoisotopic (exact) mass is 330 g/mol. The van der Waals surface area contributed by atoms with Crippen molar-refractivity contribution >= 4 is 23.2 Å². The van der Waals surface area contributed by atoms with Crippen LogP contribution in [0, 0.1) is 0 Å². The van der Waals surface area contributed by atoms with E-state index in [1.165, 1.54) is 5.56 Å². The van der Waals surface area contributed by atoms with Gasteiger partial charge >= 0.3 is 0 Å². The van der Waals surface area contributed by atoms with Gasteiger partial charge < -0.3 is 10.6 Å². The van der Waals surface area contributed by atoms with Gasteiger partial charge in [-0.2, -0.15) is 0 Å². The van der Waals surface area contributed by atoms with Gasteiger partial charge in [0.2, 0.25) is 5.91 Å². The molecule has 2 N–H and O–H groups in total. The molecule has 0 aliphatic rings. The van der Waals surface area contributed by atoms with Gasteiger partial charge in [0.05, 0.1) is 0 Å². The first-order valence-corrected chi connectivity index (χ1v) is 8.27. The first kappa shape index (κ1) is 17.5. The van der Waals surface area contributed by atoms with Crippen LogP contribution in [0.5, 0.6) is 0 Å². The summed E-state index contributed by atoms with van der Waals surface area (Å²) in [5.41, 5.74) is 3.27. The van der Waals surface area contributed by atoms with E-state index in [1.54, 1.807) is 0 Å². The van der Waals surface area contributed by atoms with Gasteiger partial charge in [0.25, 0.3) is 0 Å². The highest BCUT2D eigenvalue weighted by atomic mass is 35.5. The van der Waals surface area contributed by atoms with E-state index in [0.29, 0.717) is 18.9 Å². The average molecular weight is 331 g/mol. The van der Waals surface area contributed by atoms with Gasteiger partial charge in [-0.25, -0.2) is 0 Å². The normalized spacial score (nSPS) is 10.8. The van der Waals surface area contributed by atoms with Gasteiger partial charge in [-0.1, -0.05) is 49.7 Å². The van der Waals surface area contributed by atoms with Crippen LogP contribution in [0.15, 0.2) is 48.5 Å². The van der Waals surface area contributed by atoms with Gasteiger partial charge in [0.15, 0.2) is 0 Å². The maximum atomic E-state index is 11.9. The van der Waals surface area contributed by atoms with Crippen LogP contribution < -0.4 is 10.6 Å². The summed E-state index contributed by atoms with van der Waals surface area (Å²) in [6.07, 6.45) is 0.444. The molecule has 1 amide bonds. The second-order valence-electron chi connectivity index (χ2n) is 5.88. The lowest BCUT2D eigenvalue weighted by atomic mass is 10.0. The fourth-order valence-electron chi connectivity index (χ4n) is 2.21. The number of hydrogen-bond donors (Lipinski definition) is 2. The van der Waals surface area contributed by atoms with Gasteiger partial charge in [-0.15, -0.1) is 0 Å². The Morgan fingerprint density at radius 3 is 2.30 bits per heavy atom. The summed E-state index contributed by atoms with van der Waals surface area (Å²) in [4.78, 5) is 11.9. The third-order valence-electron chi connectivity index (χ3n) is 3.63. The lowest BCUT2D eigenvalue weighted by molar-refractivity contribution is -0.116. The molecule has 0 heterocycles. The standard InChI is InChI=1S/C19H23ClN2O/c1-14(2)16-5-9-18(10-6-16)22-19(23)11-12-21-13-15-3-7-17(20)8-4-15/h3-10,14,21H,11-13H2,1-2H3,(H,22,23). The average Bonchev–Trinajstić information content (AvgIpc) is 2.54. The summed E-state index contributed by atoms with van der Waals surface area (Å²) in [6.45, 7) is 5.67. The third kappa shape index (κ3) is 6.05. The van der Waals surface area contributed by atoms with Crippen molar-refractivity contribution in [2.75, 3.05) is 11.9 Å². The Bertz CT molecular complexity index is 621. The van der Waals surface area contributed by atoms with E-state index < -0.39 is 0 Å². The first-order chi connectivity index (χ1) is 11.0. The van der Waals surface area contributed by atoms with E-state index >= 15 is 0 Å². The quantitative estimate of drug-likeness (QED) is 0.729. The zero-order chi connectivity index (χ0) is 16.7. The predicted molar refractivity (Wildman–Crippen MR) is 96.9 cm³/mol. The minimum atomic E-state index is 0.0194. The molecular formula is C19H23ClN2O. The van der Waals surface area contributed by atoms with E-state index in [1.807, 2.05) is 36.4 Å². The van der Waals surface area contributed by atoms with Crippen LogP contribution in [-0.2, 0) is 11.3 Å². The Labute approximate surface area is 143 Å². The molecule has 23 heavy (non-hydrogen) atoms. The number of anilines is 1. The summed E-state index contributed by atoms with van der Waals surface area (Å²) in [5.74, 6) is 0.516. The van der Waals surface area contributed by atoms with Crippen molar-refractivity contribution in [3.8, 4) is 0 Å². The third-order valence-corrected chi connectivity index (χ3v) is 3.88. The smallest absolute Gasteiger partial charge is 0.225 e. The largest absolute Gasteiger partial charge is 0.326 e. The molecule has 2 rings (SSSR count). The van der Waals surface area contributed by atoms with E-state index in [4.69, 9.17) is 11.6 Å². The van der Waals surface area contributed by atoms with E-state index in [9.17, 15) is 4.79 Å². The molecular weight excluding hydrogens is 308 g/mol. The maximum Gasteiger partial charge on any atom is 0.225 e. The number of carbonyl (C=O) groups is 1. The van der Waals surface area contributed by atoms with Gasteiger partial charge in [0, 0.05) is 30.2 Å². The zero-order valence-corrected chi connectivity index (χ0v) is 14.4. The van der Waals surface area contributed by atoms with Crippen molar-refractivity contribution in [2.45, 2.75) is 32.7 Å². The van der Waals surface area contributed by atoms with E-state index in [2.05, 4.69) is 36.6 Å². The molecule has 0 atom stereocenters. The first-order valence-electron chi connectivity index (χ1n) is 7.89. The molecule has 0 bridgehead atoms. The Balaban J connectivity index is 1.69. The second kappa shape index (κ2) is 8.70. The summed E-state index contributed by atoms with van der Waals surface area (Å²) in [5, 5.41) is 6.91. The van der Waals surface area contributed by atoms with Crippen molar-refractivity contribution in [1.82, 2.24) is 5.32 Å². The Morgan fingerprint density at radius 2 is 1.70 bits per heavy atom. The van der Waals surface area contributed by atoms with Crippen LogP contribution >= 0.6 is 11.6 Å². The lowest BCUT2D eigenvalue weighted by Gasteiger charge is -2.09. The highest BCUT2D eigenvalue weighted by Gasteiger charge is 2.03. The molecule has 0 aliphatic heterocycles. The van der Waals surface area contributed by atoms with Crippen molar-refractivity contribution in [2.24, 2.45) is 0 Å². The molecule has 0 saturated carbocycles. The molecule has 0 aliphatic carbocycles. The topological polar surface area (TPSA) is 41.1 Å². The molecule has 3 nitrogen and oxygen atoms in total. The highest BCUT2D eigenvalue weighted by Crippen LogP contribution is 2.17. The van der Waals surface area contributed by atoms with E-state index in [0.717, 1.165) is 22.8 Å². The van der Waals surface area contributed by atoms with Gasteiger partial charge in [-0.3, -0.25) is 4.79 Å². The lowest BCUT2D eigenvalue weighted by Crippen LogP contribution is -2.21. The number of amides is 1. The second-order valence-corrected chi connectivity index (χ2v) is 6.31. The number of halogens is 1. The highest BCUT2D eigenvalue weighted by molar-refractivity contribution is 6.30. The van der Waals surface area contributed by atoms with E-state index in [-0.39, 0.29) is 5.91 Å². The van der Waals surface area contributed by atoms with Crippen LogP contribution in [0.2, 0.25) is 5.02 Å².